The fourth-order valence-electron chi connectivity index (χ4n) is 5.34. The maximum atomic E-state index is 13.2. The number of hydrogen-bond acceptors (Lipinski definition) is 6. The van der Waals surface area contributed by atoms with Gasteiger partial charge in [-0.25, -0.2) is 0 Å². The van der Waals surface area contributed by atoms with Crippen molar-refractivity contribution in [1.82, 2.24) is 20.3 Å². The first-order valence-corrected chi connectivity index (χ1v) is 15.2. The van der Waals surface area contributed by atoms with Crippen LogP contribution in [0.3, 0.4) is 0 Å². The third-order valence-corrected chi connectivity index (χ3v) is 7.70. The Morgan fingerprint density at radius 3 is 2.62 bits per heavy atom. The number of β-lactam (4-membered cyclic amide) rings is 1. The van der Waals surface area contributed by atoms with Crippen LogP contribution in [0.4, 0.5) is 5.69 Å². The molecule has 1 saturated heterocycles. The number of ketones is 1. The smallest absolute Gasteiger partial charge is 0.247 e. The van der Waals surface area contributed by atoms with Gasteiger partial charge in [-0.2, -0.15) is 0 Å². The molecule has 1 aliphatic carbocycles. The third kappa shape index (κ3) is 7.60. The number of carbonyl (C=O) groups excluding carboxylic acids is 2. The average Bonchev–Trinajstić information content (AvgIpc) is 3.77. The molecule has 45 heavy (non-hydrogen) atoms. The first kappa shape index (κ1) is 29.7. The number of anilines is 1. The van der Waals surface area contributed by atoms with E-state index in [2.05, 4.69) is 39.9 Å². The number of hydrogen-bond donors (Lipinski definition) is 1. The zero-order valence-electron chi connectivity index (χ0n) is 24.9. The van der Waals surface area contributed by atoms with E-state index in [1.54, 1.807) is 22.9 Å². The van der Waals surface area contributed by atoms with Crippen LogP contribution in [-0.4, -0.2) is 45.4 Å². The van der Waals surface area contributed by atoms with Gasteiger partial charge < -0.3 is 9.64 Å². The van der Waals surface area contributed by atoms with Crippen molar-refractivity contribution in [3.63, 3.8) is 0 Å². The molecular formula is C37H35N5O3. The number of nitrogens with one attached hydrogen (secondary N) is 1. The van der Waals surface area contributed by atoms with Crippen LogP contribution in [0.2, 0.25) is 0 Å². The van der Waals surface area contributed by atoms with Crippen molar-refractivity contribution in [2.45, 2.75) is 38.0 Å². The summed E-state index contributed by atoms with van der Waals surface area (Å²) in [6.07, 6.45) is 17.2. The Bertz CT molecular complexity index is 1740. The lowest BCUT2D eigenvalue weighted by Gasteiger charge is -2.46. The van der Waals surface area contributed by atoms with E-state index in [1.165, 1.54) is 0 Å². The Hall–Kier alpha value is -5.34. The number of ether oxygens (including phenoxy) is 1. The maximum Gasteiger partial charge on any atom is 0.247 e. The van der Waals surface area contributed by atoms with Crippen molar-refractivity contribution in [2.24, 2.45) is 0 Å². The number of rotatable bonds is 14. The lowest BCUT2D eigenvalue weighted by Crippen LogP contribution is -2.69. The molecule has 1 aliphatic heterocycles. The number of nitrogens with zero attached hydrogens (tertiary/aromatic N) is 4. The van der Waals surface area contributed by atoms with Crippen LogP contribution in [-0.2, 0) is 17.9 Å². The first-order chi connectivity index (χ1) is 22.1. The van der Waals surface area contributed by atoms with Crippen LogP contribution in [0.15, 0.2) is 133 Å². The van der Waals surface area contributed by atoms with Gasteiger partial charge in [-0.15, -0.1) is 5.10 Å². The zero-order valence-corrected chi connectivity index (χ0v) is 24.9. The molecule has 1 fully saturated rings. The number of allylic oxidation sites excluding steroid dienone is 6. The van der Waals surface area contributed by atoms with Gasteiger partial charge in [-0.3, -0.25) is 19.6 Å². The van der Waals surface area contributed by atoms with E-state index in [-0.39, 0.29) is 23.8 Å². The van der Waals surface area contributed by atoms with Gasteiger partial charge in [-0.1, -0.05) is 102 Å². The summed E-state index contributed by atoms with van der Waals surface area (Å²) in [6.45, 7) is 1.53. The first-order valence-electron chi connectivity index (χ1n) is 15.2. The number of aromatic nitrogens is 3. The molecule has 0 saturated carbocycles. The second-order valence-electron chi connectivity index (χ2n) is 10.9. The highest BCUT2D eigenvalue weighted by molar-refractivity contribution is 6.06. The summed E-state index contributed by atoms with van der Waals surface area (Å²) >= 11 is 0. The Kier molecular flexibility index (Phi) is 9.52. The second kappa shape index (κ2) is 14.4. The summed E-state index contributed by atoms with van der Waals surface area (Å²) < 4.78 is 7.69. The highest BCUT2D eigenvalue weighted by Crippen LogP contribution is 2.29. The average molecular weight is 598 g/mol. The van der Waals surface area contributed by atoms with Gasteiger partial charge in [0.2, 0.25) is 5.91 Å². The minimum absolute atomic E-state index is 0.0265. The second-order valence-corrected chi connectivity index (χ2v) is 10.9. The van der Waals surface area contributed by atoms with Crippen LogP contribution >= 0.6 is 0 Å². The zero-order chi connectivity index (χ0) is 30.8. The number of para-hydroxylation sites is 1. The van der Waals surface area contributed by atoms with Crippen molar-refractivity contribution in [1.29, 1.82) is 0 Å². The van der Waals surface area contributed by atoms with E-state index in [0.717, 1.165) is 28.9 Å². The fraction of sp³-hybridized carbons (Fsp3) is 0.189. The summed E-state index contributed by atoms with van der Waals surface area (Å²) in [5, 5.41) is 11.9. The van der Waals surface area contributed by atoms with Gasteiger partial charge in [-0.05, 0) is 47.9 Å². The minimum atomic E-state index is -0.363. The molecule has 4 aromatic rings. The van der Waals surface area contributed by atoms with E-state index < -0.39 is 0 Å². The van der Waals surface area contributed by atoms with Gasteiger partial charge in [0.15, 0.2) is 5.78 Å². The van der Waals surface area contributed by atoms with Gasteiger partial charge in [0.1, 0.15) is 11.8 Å². The van der Waals surface area contributed by atoms with E-state index in [9.17, 15) is 9.59 Å². The third-order valence-electron chi connectivity index (χ3n) is 7.70. The van der Waals surface area contributed by atoms with Gasteiger partial charge in [0.05, 0.1) is 18.3 Å². The van der Waals surface area contributed by atoms with Crippen LogP contribution in [0.25, 0.3) is 6.08 Å². The van der Waals surface area contributed by atoms with E-state index >= 15 is 0 Å². The number of benzene rings is 3. The van der Waals surface area contributed by atoms with Gasteiger partial charge in [0, 0.05) is 37.0 Å². The monoisotopic (exact) mass is 597 g/mol. The Balaban J connectivity index is 0.986. The van der Waals surface area contributed by atoms with E-state index in [0.29, 0.717) is 37.4 Å². The van der Waals surface area contributed by atoms with Crippen molar-refractivity contribution >= 4 is 23.5 Å². The molecule has 8 heteroatoms. The molecule has 0 bridgehead atoms. The van der Waals surface area contributed by atoms with Crippen LogP contribution < -0.4 is 15.0 Å². The molecule has 8 nitrogen and oxygen atoms in total. The topological polar surface area (TPSA) is 89.4 Å². The quantitative estimate of drug-likeness (QED) is 0.0835. The fourth-order valence-corrected chi connectivity index (χ4v) is 5.34. The predicted molar refractivity (Wildman–Crippen MR) is 176 cm³/mol. The predicted octanol–water partition coefficient (Wildman–Crippen LogP) is 5.96. The number of carbonyl (C=O) groups is 2. The highest BCUT2D eigenvalue weighted by atomic mass is 16.5. The van der Waals surface area contributed by atoms with Crippen LogP contribution in [0.5, 0.6) is 5.75 Å². The normalized spacial score (nSPS) is 17.6. The standard InChI is InChI=1S/C37H35N5O3/c43-35(22-20-29-13-7-8-14-29)30-15-9-18-33(25-30)45-24-10-23-41-27-31(39-40-41)26-38-36-34(21-19-28-11-3-1-4-12-28)42(37(36)44)32-16-5-2-6-17-32/h1-7,9,11-22,25,27,34,36,38H,8,10,23-24,26H2/b21-19+,22-20+/t34-,36+/m1/s1. The molecule has 2 heterocycles. The van der Waals surface area contributed by atoms with Crippen molar-refractivity contribution < 1.29 is 14.3 Å². The molecule has 2 atom stereocenters. The van der Waals surface area contributed by atoms with E-state index in [4.69, 9.17) is 4.74 Å². The summed E-state index contributed by atoms with van der Waals surface area (Å²) in [6, 6.07) is 26.6. The molecule has 1 amide bonds. The molecule has 3 aromatic carbocycles. The molecule has 6 rings (SSSR count). The molecule has 226 valence electrons. The van der Waals surface area contributed by atoms with Gasteiger partial charge in [0.25, 0.3) is 0 Å². The molecule has 0 unspecified atom stereocenters. The molecule has 0 radical (unpaired) electrons. The summed E-state index contributed by atoms with van der Waals surface area (Å²) in [5.41, 5.74) is 4.36. The van der Waals surface area contributed by atoms with Crippen LogP contribution in [0.1, 0.15) is 34.5 Å². The Morgan fingerprint density at radius 1 is 1.00 bits per heavy atom. The minimum Gasteiger partial charge on any atom is -0.494 e. The molecule has 1 N–H and O–H groups in total. The van der Waals surface area contributed by atoms with Crippen molar-refractivity contribution in [3.05, 3.63) is 150 Å². The lowest BCUT2D eigenvalue weighted by molar-refractivity contribution is -0.126. The van der Waals surface area contributed by atoms with Gasteiger partial charge >= 0.3 is 0 Å². The molecule has 1 aromatic heterocycles. The van der Waals surface area contributed by atoms with Crippen molar-refractivity contribution in [3.8, 4) is 5.75 Å². The number of aryl methyl sites for hydroxylation is 1. The van der Waals surface area contributed by atoms with Crippen LogP contribution in [0, 0.1) is 0 Å². The molecular weight excluding hydrogens is 562 g/mol. The SMILES string of the molecule is O=C(/C=C/C1=CCC=C1)c1cccc(OCCCn2cc(CN[C@@H]3C(=O)N(c4ccccc4)[C@@H]3/C=C/c3ccccc3)nn2)c1. The Labute approximate surface area is 263 Å². The Morgan fingerprint density at radius 2 is 1.82 bits per heavy atom. The highest BCUT2D eigenvalue weighted by Gasteiger charge is 2.46. The largest absolute Gasteiger partial charge is 0.494 e. The molecule has 2 aliphatic rings. The maximum absolute atomic E-state index is 13.2. The summed E-state index contributed by atoms with van der Waals surface area (Å²) in [5.74, 6) is 0.627. The number of amides is 1. The van der Waals surface area contributed by atoms with E-state index in [1.807, 2.05) is 96.0 Å². The summed E-state index contributed by atoms with van der Waals surface area (Å²) in [7, 11) is 0. The lowest BCUT2D eigenvalue weighted by atomic mass is 9.92. The molecule has 0 spiro atoms. The summed E-state index contributed by atoms with van der Waals surface area (Å²) in [4.78, 5) is 27.6. The van der Waals surface area contributed by atoms with Crippen molar-refractivity contribution in [2.75, 3.05) is 11.5 Å².